The Bertz CT molecular complexity index is 417. The van der Waals surface area contributed by atoms with Gasteiger partial charge in [0, 0.05) is 11.8 Å². The highest BCUT2D eigenvalue weighted by atomic mass is 16.4. The lowest BCUT2D eigenvalue weighted by atomic mass is 10.1. The van der Waals surface area contributed by atoms with Crippen LogP contribution in [0.1, 0.15) is 20.8 Å². The summed E-state index contributed by atoms with van der Waals surface area (Å²) in [6.07, 6.45) is 1.36. The van der Waals surface area contributed by atoms with Crippen LogP contribution in [-0.2, 0) is 4.79 Å². The molecule has 14 heavy (non-hydrogen) atoms. The summed E-state index contributed by atoms with van der Waals surface area (Å²) in [5, 5.41) is 8.66. The molecule has 70 valence electrons. The fourth-order valence-electron chi connectivity index (χ4n) is 1.44. The minimum Gasteiger partial charge on any atom is -0.480 e. The van der Waals surface area contributed by atoms with Gasteiger partial charge in [0.1, 0.15) is 5.69 Å². The molecule has 2 rings (SSSR count). The van der Waals surface area contributed by atoms with Crippen LogP contribution in [0.25, 0.3) is 0 Å². The molecule has 1 aliphatic rings. The Kier molecular flexibility index (Phi) is 1.67. The van der Waals surface area contributed by atoms with Crippen molar-refractivity contribution in [2.75, 3.05) is 0 Å². The number of rotatable bonds is 1. The first-order valence-electron chi connectivity index (χ1n) is 3.89. The van der Waals surface area contributed by atoms with Crippen molar-refractivity contribution in [1.29, 1.82) is 0 Å². The second-order valence-electron chi connectivity index (χ2n) is 2.90. The highest BCUT2D eigenvalue weighted by molar-refractivity contribution is 6.33. The fourth-order valence-corrected chi connectivity index (χ4v) is 1.44. The van der Waals surface area contributed by atoms with Gasteiger partial charge < -0.3 is 5.11 Å². The number of hydrogen-bond donors (Lipinski definition) is 1. The SMILES string of the molecule is O=C(O)C1C(=O)c2cccnc2C1=O. The lowest BCUT2D eigenvalue weighted by Crippen LogP contribution is -2.24. The van der Waals surface area contributed by atoms with E-state index in [2.05, 4.69) is 4.98 Å². The number of carbonyl (C=O) groups is 3. The van der Waals surface area contributed by atoms with E-state index in [4.69, 9.17) is 5.11 Å². The quantitative estimate of drug-likeness (QED) is 0.639. The van der Waals surface area contributed by atoms with E-state index < -0.39 is 23.5 Å². The van der Waals surface area contributed by atoms with E-state index >= 15 is 0 Å². The van der Waals surface area contributed by atoms with Crippen LogP contribution < -0.4 is 0 Å². The first-order chi connectivity index (χ1) is 6.63. The molecule has 1 aromatic rings. The zero-order chi connectivity index (χ0) is 10.3. The first kappa shape index (κ1) is 8.55. The molecule has 1 atom stereocenters. The maximum atomic E-state index is 11.4. The van der Waals surface area contributed by atoms with Crippen LogP contribution in [0.2, 0.25) is 0 Å². The Morgan fingerprint density at radius 1 is 1.36 bits per heavy atom. The maximum Gasteiger partial charge on any atom is 0.322 e. The molecule has 1 unspecified atom stereocenters. The minimum atomic E-state index is -1.60. The molecule has 1 N–H and O–H groups in total. The summed E-state index contributed by atoms with van der Waals surface area (Å²) in [6.45, 7) is 0. The highest BCUT2D eigenvalue weighted by Crippen LogP contribution is 2.24. The van der Waals surface area contributed by atoms with E-state index in [1.807, 2.05) is 0 Å². The third-order valence-electron chi connectivity index (χ3n) is 2.08. The lowest BCUT2D eigenvalue weighted by Gasteiger charge is -1.96. The van der Waals surface area contributed by atoms with Crippen LogP contribution in [0.4, 0.5) is 0 Å². The zero-order valence-corrected chi connectivity index (χ0v) is 6.93. The Hall–Kier alpha value is -2.04. The summed E-state index contributed by atoms with van der Waals surface area (Å²) >= 11 is 0. The van der Waals surface area contributed by atoms with Crippen LogP contribution in [0.5, 0.6) is 0 Å². The number of hydrogen-bond acceptors (Lipinski definition) is 4. The standard InChI is InChI=1S/C9H5NO4/c11-7-4-2-1-3-10-6(4)8(12)5(7)9(13)14/h1-3,5H,(H,13,14). The topological polar surface area (TPSA) is 84.3 Å². The van der Waals surface area contributed by atoms with E-state index in [1.54, 1.807) is 0 Å². The van der Waals surface area contributed by atoms with Gasteiger partial charge in [0.25, 0.3) is 0 Å². The molecule has 1 heterocycles. The second-order valence-corrected chi connectivity index (χ2v) is 2.90. The average Bonchev–Trinajstić information content (AvgIpc) is 2.41. The predicted octanol–water partition coefficient (Wildman–Crippen LogP) is 0.161. The molecule has 0 amide bonds. The molecular formula is C9H5NO4. The summed E-state index contributed by atoms with van der Waals surface area (Å²) in [4.78, 5) is 37.1. The molecule has 5 nitrogen and oxygen atoms in total. The minimum absolute atomic E-state index is 0.0371. The van der Waals surface area contributed by atoms with Gasteiger partial charge in [-0.2, -0.15) is 0 Å². The molecule has 0 spiro atoms. The van der Waals surface area contributed by atoms with Crippen molar-refractivity contribution in [3.8, 4) is 0 Å². The molecule has 0 saturated carbocycles. The van der Waals surface area contributed by atoms with Crippen molar-refractivity contribution in [3.05, 3.63) is 29.6 Å². The van der Waals surface area contributed by atoms with Gasteiger partial charge in [-0.1, -0.05) is 0 Å². The van der Waals surface area contributed by atoms with Crippen molar-refractivity contribution in [2.24, 2.45) is 5.92 Å². The molecule has 0 radical (unpaired) electrons. The van der Waals surface area contributed by atoms with Crippen LogP contribution in [0.15, 0.2) is 18.3 Å². The summed E-state index contributed by atoms with van der Waals surface area (Å²) in [7, 11) is 0. The molecule has 0 aromatic carbocycles. The van der Waals surface area contributed by atoms with Crippen molar-refractivity contribution in [2.45, 2.75) is 0 Å². The van der Waals surface area contributed by atoms with Gasteiger partial charge in [0.15, 0.2) is 11.7 Å². The Balaban J connectivity index is 2.59. The first-order valence-corrected chi connectivity index (χ1v) is 3.89. The van der Waals surface area contributed by atoms with Crippen molar-refractivity contribution >= 4 is 17.5 Å². The van der Waals surface area contributed by atoms with Crippen LogP contribution in [-0.4, -0.2) is 27.6 Å². The number of pyridine rings is 1. The number of carbonyl (C=O) groups excluding carboxylic acids is 2. The number of fused-ring (bicyclic) bond motifs is 1. The molecule has 5 heteroatoms. The third-order valence-corrected chi connectivity index (χ3v) is 2.08. The van der Waals surface area contributed by atoms with Gasteiger partial charge in [-0.3, -0.25) is 19.4 Å². The lowest BCUT2D eigenvalue weighted by molar-refractivity contribution is -0.138. The zero-order valence-electron chi connectivity index (χ0n) is 6.93. The van der Waals surface area contributed by atoms with E-state index in [1.165, 1.54) is 18.3 Å². The summed E-state index contributed by atoms with van der Waals surface area (Å²) in [5.74, 6) is -4.42. The maximum absolute atomic E-state index is 11.4. The van der Waals surface area contributed by atoms with E-state index in [0.717, 1.165) is 0 Å². The molecule has 0 bridgehead atoms. The van der Waals surface area contributed by atoms with Crippen molar-refractivity contribution < 1.29 is 19.5 Å². The van der Waals surface area contributed by atoms with Crippen molar-refractivity contribution in [3.63, 3.8) is 0 Å². The molecular weight excluding hydrogens is 186 g/mol. The Labute approximate surface area is 78.4 Å². The van der Waals surface area contributed by atoms with Gasteiger partial charge in [-0.25, -0.2) is 0 Å². The molecule has 1 aliphatic carbocycles. The summed E-state index contributed by atoms with van der Waals surface area (Å²) in [5.41, 5.74) is 0.0646. The number of carboxylic acids is 1. The average molecular weight is 191 g/mol. The summed E-state index contributed by atoms with van der Waals surface area (Å²) < 4.78 is 0. The van der Waals surface area contributed by atoms with Crippen LogP contribution in [0, 0.1) is 5.92 Å². The van der Waals surface area contributed by atoms with Gasteiger partial charge in [0.2, 0.25) is 5.78 Å². The Morgan fingerprint density at radius 2 is 2.07 bits per heavy atom. The molecule has 0 saturated heterocycles. The highest BCUT2D eigenvalue weighted by Gasteiger charge is 2.44. The number of ketones is 2. The molecule has 0 aliphatic heterocycles. The largest absolute Gasteiger partial charge is 0.480 e. The molecule has 0 fully saturated rings. The monoisotopic (exact) mass is 191 g/mol. The fraction of sp³-hybridized carbons (Fsp3) is 0.111. The second kappa shape index (κ2) is 2.73. The normalized spacial score (nSPS) is 19.6. The predicted molar refractivity (Wildman–Crippen MR) is 44.0 cm³/mol. The van der Waals surface area contributed by atoms with Gasteiger partial charge in [-0.15, -0.1) is 0 Å². The van der Waals surface area contributed by atoms with Crippen molar-refractivity contribution in [1.82, 2.24) is 4.98 Å². The van der Waals surface area contributed by atoms with E-state index in [9.17, 15) is 14.4 Å². The van der Waals surface area contributed by atoms with E-state index in [-0.39, 0.29) is 11.3 Å². The van der Waals surface area contributed by atoms with Gasteiger partial charge >= 0.3 is 5.97 Å². The number of Topliss-reactive ketones (excluding diaryl/α,β-unsaturated/α-hetero) is 2. The summed E-state index contributed by atoms with van der Waals surface area (Å²) in [6, 6.07) is 2.90. The number of aromatic nitrogens is 1. The number of carboxylic acid groups (broad SMARTS) is 1. The number of aliphatic carboxylic acids is 1. The van der Waals surface area contributed by atoms with E-state index in [0.29, 0.717) is 0 Å². The Morgan fingerprint density at radius 3 is 2.64 bits per heavy atom. The van der Waals surface area contributed by atoms with Crippen LogP contribution >= 0.6 is 0 Å². The van der Waals surface area contributed by atoms with Gasteiger partial charge in [-0.05, 0) is 12.1 Å². The third kappa shape index (κ3) is 0.953. The smallest absolute Gasteiger partial charge is 0.322 e. The molecule has 1 aromatic heterocycles. The van der Waals surface area contributed by atoms with Gasteiger partial charge in [0.05, 0.1) is 0 Å². The van der Waals surface area contributed by atoms with Crippen LogP contribution in [0.3, 0.4) is 0 Å². The number of nitrogens with zero attached hydrogens (tertiary/aromatic N) is 1.